The van der Waals surface area contributed by atoms with Crippen molar-refractivity contribution < 1.29 is 14.4 Å². The van der Waals surface area contributed by atoms with E-state index >= 15 is 0 Å². The third kappa shape index (κ3) is 2.05. The Morgan fingerprint density at radius 3 is 2.35 bits per heavy atom. The number of rotatable bonds is 2. The van der Waals surface area contributed by atoms with Gasteiger partial charge >= 0.3 is 0 Å². The highest BCUT2D eigenvalue weighted by atomic mass is 16.2. The minimum absolute atomic E-state index is 0.232. The third-order valence-corrected chi connectivity index (χ3v) is 3.03. The maximum atomic E-state index is 12.1. The lowest BCUT2D eigenvalue weighted by Crippen LogP contribution is -2.19. The summed E-state index contributed by atoms with van der Waals surface area (Å²) < 4.78 is 0. The van der Waals surface area contributed by atoms with Gasteiger partial charge in [-0.3, -0.25) is 19.7 Å². The number of nitrogens with one attached hydrogen (secondary N) is 2. The molecule has 0 saturated carbocycles. The zero-order valence-corrected chi connectivity index (χ0v) is 10.3. The highest BCUT2D eigenvalue weighted by Gasteiger charge is 2.27. The van der Waals surface area contributed by atoms with Crippen LogP contribution in [0.3, 0.4) is 0 Å². The summed E-state index contributed by atoms with van der Waals surface area (Å²) in [6, 6.07) is 13.4. The second kappa shape index (κ2) is 4.62. The molecule has 0 spiro atoms. The number of fused-ring (bicyclic) bond motifs is 1. The average Bonchev–Trinajstić information content (AvgIpc) is 2.75. The Hall–Kier alpha value is -2.95. The van der Waals surface area contributed by atoms with E-state index in [1.165, 1.54) is 18.2 Å². The van der Waals surface area contributed by atoms with Gasteiger partial charge in [-0.05, 0) is 30.3 Å². The van der Waals surface area contributed by atoms with E-state index in [2.05, 4.69) is 10.6 Å². The molecule has 2 N–H and O–H groups in total. The number of hydrogen-bond acceptors (Lipinski definition) is 3. The second-order valence-electron chi connectivity index (χ2n) is 4.36. The summed E-state index contributed by atoms with van der Waals surface area (Å²) in [6.07, 6.45) is 0. The molecular weight excluding hydrogens is 256 g/mol. The van der Waals surface area contributed by atoms with Crippen LogP contribution in [0.25, 0.3) is 0 Å². The Morgan fingerprint density at radius 1 is 0.900 bits per heavy atom. The van der Waals surface area contributed by atoms with Crippen molar-refractivity contribution in [3.8, 4) is 0 Å². The molecule has 20 heavy (non-hydrogen) atoms. The van der Waals surface area contributed by atoms with Crippen molar-refractivity contribution in [2.75, 3.05) is 5.32 Å². The molecule has 0 aliphatic carbocycles. The fraction of sp³-hybridized carbons (Fsp3) is 0. The van der Waals surface area contributed by atoms with Crippen LogP contribution in [0.2, 0.25) is 0 Å². The second-order valence-corrected chi connectivity index (χ2v) is 4.36. The molecule has 1 aliphatic heterocycles. The Kier molecular flexibility index (Phi) is 2.80. The summed E-state index contributed by atoms with van der Waals surface area (Å²) in [5.74, 6) is -1.23. The fourth-order valence-electron chi connectivity index (χ4n) is 2.03. The topological polar surface area (TPSA) is 75.3 Å². The summed E-state index contributed by atoms with van der Waals surface area (Å²) in [5.41, 5.74) is 1.53. The molecule has 0 radical (unpaired) electrons. The highest BCUT2D eigenvalue weighted by molar-refractivity contribution is 6.22. The van der Waals surface area contributed by atoms with Crippen molar-refractivity contribution in [3.05, 3.63) is 65.2 Å². The summed E-state index contributed by atoms with van der Waals surface area (Å²) >= 11 is 0. The van der Waals surface area contributed by atoms with Gasteiger partial charge in [0.2, 0.25) is 0 Å². The fourth-order valence-corrected chi connectivity index (χ4v) is 2.03. The van der Waals surface area contributed by atoms with E-state index in [0.29, 0.717) is 16.8 Å². The van der Waals surface area contributed by atoms with E-state index in [1.54, 1.807) is 12.1 Å². The normalized spacial score (nSPS) is 12.8. The largest absolute Gasteiger partial charge is 0.322 e. The maximum Gasteiger partial charge on any atom is 0.258 e. The van der Waals surface area contributed by atoms with Gasteiger partial charge in [0, 0.05) is 11.3 Å². The molecule has 98 valence electrons. The molecule has 1 heterocycles. The Bertz CT molecular complexity index is 723. The van der Waals surface area contributed by atoms with E-state index in [4.69, 9.17) is 0 Å². The minimum atomic E-state index is -0.473. The van der Waals surface area contributed by atoms with Gasteiger partial charge in [0.05, 0.1) is 11.1 Å². The van der Waals surface area contributed by atoms with E-state index in [-0.39, 0.29) is 11.5 Å². The molecule has 2 aromatic carbocycles. The Morgan fingerprint density at radius 2 is 1.60 bits per heavy atom. The van der Waals surface area contributed by atoms with Gasteiger partial charge in [0.1, 0.15) is 0 Å². The molecule has 5 nitrogen and oxygen atoms in total. The van der Waals surface area contributed by atoms with Gasteiger partial charge in [-0.1, -0.05) is 18.2 Å². The molecule has 0 atom stereocenters. The van der Waals surface area contributed by atoms with Crippen LogP contribution in [-0.4, -0.2) is 17.7 Å². The molecule has 2 aromatic rings. The first kappa shape index (κ1) is 12.1. The van der Waals surface area contributed by atoms with Crippen LogP contribution in [0, 0.1) is 0 Å². The molecular formula is C15H10N2O3. The van der Waals surface area contributed by atoms with Gasteiger partial charge in [-0.15, -0.1) is 0 Å². The van der Waals surface area contributed by atoms with Crippen LogP contribution in [0.5, 0.6) is 0 Å². The maximum absolute atomic E-state index is 12.1. The molecule has 0 saturated heterocycles. The van der Waals surface area contributed by atoms with E-state index in [9.17, 15) is 14.4 Å². The lowest BCUT2D eigenvalue weighted by molar-refractivity contribution is 0.0879. The molecule has 0 fully saturated rings. The first-order chi connectivity index (χ1) is 9.65. The number of anilines is 1. The van der Waals surface area contributed by atoms with Crippen molar-refractivity contribution in [2.24, 2.45) is 0 Å². The SMILES string of the molecule is O=C(Nc1ccccc1)c1ccc2c(c1)C(=O)NC2=O. The predicted molar refractivity (Wildman–Crippen MR) is 72.6 cm³/mol. The van der Waals surface area contributed by atoms with Gasteiger partial charge in [0.25, 0.3) is 17.7 Å². The zero-order chi connectivity index (χ0) is 14.1. The number of imide groups is 1. The highest BCUT2D eigenvalue weighted by Crippen LogP contribution is 2.18. The number of carbonyl (C=O) groups is 3. The summed E-state index contributed by atoms with van der Waals surface area (Å²) in [7, 11) is 0. The number of benzene rings is 2. The van der Waals surface area contributed by atoms with E-state index in [1.807, 2.05) is 18.2 Å². The standard InChI is InChI=1S/C15H10N2O3/c18-13(16-10-4-2-1-3-5-10)9-6-7-11-12(8-9)15(20)17-14(11)19/h1-8H,(H,16,18)(H,17,19,20). The van der Waals surface area contributed by atoms with Crippen LogP contribution < -0.4 is 10.6 Å². The molecule has 3 amide bonds. The monoisotopic (exact) mass is 266 g/mol. The van der Waals surface area contributed by atoms with E-state index < -0.39 is 11.8 Å². The van der Waals surface area contributed by atoms with Crippen LogP contribution in [-0.2, 0) is 0 Å². The number of carbonyl (C=O) groups excluding carboxylic acids is 3. The molecule has 0 unspecified atom stereocenters. The molecule has 5 heteroatoms. The number of para-hydroxylation sites is 1. The quantitative estimate of drug-likeness (QED) is 0.814. The smallest absolute Gasteiger partial charge is 0.258 e. The van der Waals surface area contributed by atoms with Crippen LogP contribution in [0.15, 0.2) is 48.5 Å². The molecule has 0 bridgehead atoms. The lowest BCUT2D eigenvalue weighted by Gasteiger charge is -2.05. The van der Waals surface area contributed by atoms with Gasteiger partial charge in [0.15, 0.2) is 0 Å². The lowest BCUT2D eigenvalue weighted by atomic mass is 10.1. The van der Waals surface area contributed by atoms with Crippen molar-refractivity contribution in [1.29, 1.82) is 0 Å². The summed E-state index contributed by atoms with van der Waals surface area (Å²) in [5, 5.41) is 4.91. The van der Waals surface area contributed by atoms with Crippen LogP contribution in [0.1, 0.15) is 31.1 Å². The van der Waals surface area contributed by atoms with Crippen LogP contribution >= 0.6 is 0 Å². The Balaban J connectivity index is 1.89. The number of amides is 3. The van der Waals surface area contributed by atoms with Crippen molar-refractivity contribution >= 4 is 23.4 Å². The van der Waals surface area contributed by atoms with Gasteiger partial charge in [-0.2, -0.15) is 0 Å². The summed E-state index contributed by atoms with van der Waals surface area (Å²) in [4.78, 5) is 35.0. The van der Waals surface area contributed by atoms with Gasteiger partial charge < -0.3 is 5.32 Å². The summed E-state index contributed by atoms with van der Waals surface area (Å²) in [6.45, 7) is 0. The molecule has 0 aromatic heterocycles. The first-order valence-corrected chi connectivity index (χ1v) is 6.01. The Labute approximate surface area is 114 Å². The van der Waals surface area contributed by atoms with Crippen molar-refractivity contribution in [1.82, 2.24) is 5.32 Å². The molecule has 1 aliphatic rings. The number of hydrogen-bond donors (Lipinski definition) is 2. The predicted octanol–water partition coefficient (Wildman–Crippen LogP) is 1.82. The third-order valence-electron chi connectivity index (χ3n) is 3.03. The van der Waals surface area contributed by atoms with Crippen molar-refractivity contribution in [3.63, 3.8) is 0 Å². The minimum Gasteiger partial charge on any atom is -0.322 e. The van der Waals surface area contributed by atoms with Crippen LogP contribution in [0.4, 0.5) is 5.69 Å². The van der Waals surface area contributed by atoms with E-state index in [0.717, 1.165) is 0 Å². The first-order valence-electron chi connectivity index (χ1n) is 6.01. The average molecular weight is 266 g/mol. The zero-order valence-electron chi connectivity index (χ0n) is 10.3. The van der Waals surface area contributed by atoms with Gasteiger partial charge in [-0.25, -0.2) is 0 Å². The van der Waals surface area contributed by atoms with Crippen molar-refractivity contribution in [2.45, 2.75) is 0 Å². The molecule has 3 rings (SSSR count).